The van der Waals surface area contributed by atoms with E-state index in [9.17, 15) is 4.79 Å². The zero-order valence-corrected chi connectivity index (χ0v) is 18.2. The van der Waals surface area contributed by atoms with Crippen molar-refractivity contribution in [1.82, 2.24) is 0 Å². The van der Waals surface area contributed by atoms with E-state index in [0.29, 0.717) is 6.10 Å². The molecule has 146 valence electrons. The second-order valence-electron chi connectivity index (χ2n) is 9.76. The highest BCUT2D eigenvalue weighted by Gasteiger charge is 2.40. The van der Waals surface area contributed by atoms with Crippen molar-refractivity contribution in [3.05, 3.63) is 0 Å². The third-order valence-corrected chi connectivity index (χ3v) is 11.1. The van der Waals surface area contributed by atoms with Crippen molar-refractivity contribution in [3.8, 4) is 0 Å². The largest absolute Gasteiger partial charge is 0.462 e. The molecule has 25 heavy (non-hydrogen) atoms. The monoisotopic (exact) mass is 368 g/mol. The van der Waals surface area contributed by atoms with Gasteiger partial charge in [0.2, 0.25) is 0 Å². The predicted molar refractivity (Wildman–Crippen MR) is 106 cm³/mol. The molecule has 0 aromatic carbocycles. The highest BCUT2D eigenvalue weighted by atomic mass is 28.4. The van der Waals surface area contributed by atoms with E-state index in [1.165, 1.54) is 32.1 Å². The lowest BCUT2D eigenvalue weighted by Crippen LogP contribution is -2.45. The second kappa shape index (κ2) is 9.03. The van der Waals surface area contributed by atoms with E-state index in [0.717, 1.165) is 38.5 Å². The van der Waals surface area contributed by atoms with Crippen LogP contribution in [0.4, 0.5) is 0 Å². The van der Waals surface area contributed by atoms with Crippen molar-refractivity contribution in [1.29, 1.82) is 0 Å². The molecule has 0 saturated heterocycles. The highest BCUT2D eigenvalue weighted by molar-refractivity contribution is 6.74. The third kappa shape index (κ3) is 6.39. The summed E-state index contributed by atoms with van der Waals surface area (Å²) < 4.78 is 12.4. The molecule has 2 aliphatic rings. The summed E-state index contributed by atoms with van der Waals surface area (Å²) in [6.07, 6.45) is 12.9. The van der Waals surface area contributed by atoms with Gasteiger partial charge in [-0.25, -0.2) is 0 Å². The normalized spacial score (nSPS) is 27.4. The molecule has 4 heteroatoms. The molecule has 0 aromatic heterocycles. The van der Waals surface area contributed by atoms with E-state index in [1.54, 1.807) is 0 Å². The van der Waals surface area contributed by atoms with Gasteiger partial charge in [-0.2, -0.15) is 0 Å². The molecule has 2 aliphatic carbocycles. The fourth-order valence-electron chi connectivity index (χ4n) is 3.81. The summed E-state index contributed by atoms with van der Waals surface area (Å²) >= 11 is 0. The van der Waals surface area contributed by atoms with E-state index in [-0.39, 0.29) is 23.0 Å². The van der Waals surface area contributed by atoms with Crippen LogP contribution in [0.15, 0.2) is 0 Å². The van der Waals surface area contributed by atoms with Crippen LogP contribution in [0.25, 0.3) is 0 Å². The van der Waals surface area contributed by atoms with E-state index >= 15 is 0 Å². The number of carbonyl (C=O) groups excluding carboxylic acids is 1. The first kappa shape index (κ1) is 21.0. The minimum absolute atomic E-state index is 0.0661. The summed E-state index contributed by atoms with van der Waals surface area (Å²) in [5.41, 5.74) is 0. The molecular formula is C21H40O3Si. The Morgan fingerprint density at radius 3 is 1.84 bits per heavy atom. The van der Waals surface area contributed by atoms with Crippen LogP contribution in [0.3, 0.4) is 0 Å². The maximum atomic E-state index is 12.6. The van der Waals surface area contributed by atoms with Gasteiger partial charge in [0.25, 0.3) is 0 Å². The van der Waals surface area contributed by atoms with E-state index < -0.39 is 8.32 Å². The van der Waals surface area contributed by atoms with Crippen molar-refractivity contribution >= 4 is 14.3 Å². The van der Waals surface area contributed by atoms with E-state index in [4.69, 9.17) is 9.16 Å². The van der Waals surface area contributed by atoms with Crippen LogP contribution in [0.1, 0.15) is 91.4 Å². The third-order valence-electron chi connectivity index (χ3n) is 6.61. The molecule has 0 bridgehead atoms. The van der Waals surface area contributed by atoms with Gasteiger partial charge >= 0.3 is 5.97 Å². The lowest BCUT2D eigenvalue weighted by molar-refractivity contribution is -0.156. The van der Waals surface area contributed by atoms with Gasteiger partial charge in [0.1, 0.15) is 6.10 Å². The molecule has 0 heterocycles. The van der Waals surface area contributed by atoms with Crippen LogP contribution in [0.5, 0.6) is 0 Å². The SMILES string of the molecule is CC(C)(C)[Si](C)(C)OC1CCC(C(=O)OC2CCCCCCC2)CC1. The number of carbonyl (C=O) groups is 1. The van der Waals surface area contributed by atoms with Gasteiger partial charge < -0.3 is 9.16 Å². The fraction of sp³-hybridized carbons (Fsp3) is 0.952. The van der Waals surface area contributed by atoms with Crippen LogP contribution in [-0.4, -0.2) is 26.5 Å². The smallest absolute Gasteiger partial charge is 0.309 e. The van der Waals surface area contributed by atoms with Crippen LogP contribution < -0.4 is 0 Å². The minimum atomic E-state index is -1.70. The maximum Gasteiger partial charge on any atom is 0.309 e. The van der Waals surface area contributed by atoms with Gasteiger partial charge in [-0.1, -0.05) is 40.0 Å². The first-order chi connectivity index (χ1) is 11.7. The summed E-state index contributed by atoms with van der Waals surface area (Å²) in [6.45, 7) is 11.5. The van der Waals surface area contributed by atoms with Crippen molar-refractivity contribution in [2.45, 2.75) is 122 Å². The zero-order valence-electron chi connectivity index (χ0n) is 17.2. The first-order valence-electron chi connectivity index (χ1n) is 10.6. The highest BCUT2D eigenvalue weighted by Crippen LogP contribution is 2.40. The first-order valence-corrected chi connectivity index (χ1v) is 13.5. The molecule has 2 rings (SSSR count). The molecule has 0 amide bonds. The molecule has 0 unspecified atom stereocenters. The summed E-state index contributed by atoms with van der Waals surface area (Å²) in [7, 11) is -1.70. The van der Waals surface area contributed by atoms with E-state index in [1.807, 2.05) is 0 Å². The predicted octanol–water partition coefficient (Wildman–Crippen LogP) is 6.22. The van der Waals surface area contributed by atoms with Crippen LogP contribution in [-0.2, 0) is 14.0 Å². The Bertz CT molecular complexity index is 411. The molecule has 0 N–H and O–H groups in total. The Morgan fingerprint density at radius 1 is 0.800 bits per heavy atom. The maximum absolute atomic E-state index is 12.6. The standard InChI is InChI=1S/C21H40O3Si/c1-21(2,3)25(4,5)24-19-15-13-17(14-16-19)20(22)23-18-11-9-7-6-8-10-12-18/h17-19H,6-16H2,1-5H3. The lowest BCUT2D eigenvalue weighted by Gasteiger charge is -2.41. The van der Waals surface area contributed by atoms with Crippen LogP contribution >= 0.6 is 0 Å². The quantitative estimate of drug-likeness (QED) is 0.436. The number of esters is 1. The Hall–Kier alpha value is -0.353. The van der Waals surface area contributed by atoms with Gasteiger partial charge in [-0.3, -0.25) is 4.79 Å². The van der Waals surface area contributed by atoms with Gasteiger partial charge in [-0.15, -0.1) is 0 Å². The summed E-state index contributed by atoms with van der Waals surface area (Å²) in [4.78, 5) is 12.6. The molecule has 0 atom stereocenters. The average Bonchev–Trinajstić information content (AvgIpc) is 2.49. The molecular weight excluding hydrogens is 328 g/mol. The van der Waals surface area contributed by atoms with Crippen molar-refractivity contribution in [3.63, 3.8) is 0 Å². The summed E-state index contributed by atoms with van der Waals surface area (Å²) in [5.74, 6) is 0.168. The molecule has 0 radical (unpaired) electrons. The van der Waals surface area contributed by atoms with Gasteiger partial charge in [-0.05, 0) is 69.5 Å². The molecule has 0 aromatic rings. The molecule has 3 nitrogen and oxygen atoms in total. The van der Waals surface area contributed by atoms with E-state index in [2.05, 4.69) is 33.9 Å². The minimum Gasteiger partial charge on any atom is -0.462 e. The van der Waals surface area contributed by atoms with Gasteiger partial charge in [0.15, 0.2) is 8.32 Å². The van der Waals surface area contributed by atoms with Crippen molar-refractivity contribution < 1.29 is 14.0 Å². The number of ether oxygens (including phenoxy) is 1. The number of hydrogen-bond acceptors (Lipinski definition) is 3. The number of rotatable bonds is 4. The topological polar surface area (TPSA) is 35.5 Å². The van der Waals surface area contributed by atoms with Gasteiger partial charge in [0, 0.05) is 6.10 Å². The Morgan fingerprint density at radius 2 is 1.32 bits per heavy atom. The van der Waals surface area contributed by atoms with Gasteiger partial charge in [0.05, 0.1) is 5.92 Å². The van der Waals surface area contributed by atoms with Crippen LogP contribution in [0.2, 0.25) is 18.1 Å². The summed E-state index contributed by atoms with van der Waals surface area (Å²) in [5, 5.41) is 0.251. The molecule has 0 aliphatic heterocycles. The van der Waals surface area contributed by atoms with Crippen molar-refractivity contribution in [2.75, 3.05) is 0 Å². The summed E-state index contributed by atoms with van der Waals surface area (Å²) in [6, 6.07) is 0. The molecule has 0 spiro atoms. The molecule has 2 fully saturated rings. The lowest BCUT2D eigenvalue weighted by atomic mass is 9.87. The number of hydrogen-bond donors (Lipinski definition) is 0. The fourth-order valence-corrected chi connectivity index (χ4v) is 5.23. The van der Waals surface area contributed by atoms with Crippen LogP contribution in [0, 0.1) is 5.92 Å². The Balaban J connectivity index is 1.76. The second-order valence-corrected chi connectivity index (χ2v) is 14.5. The average molecular weight is 369 g/mol. The molecule has 2 saturated carbocycles. The van der Waals surface area contributed by atoms with Crippen molar-refractivity contribution in [2.24, 2.45) is 5.92 Å². The Kier molecular flexibility index (Phi) is 7.57. The zero-order chi connectivity index (χ0) is 18.5. The Labute approximate surface area is 156 Å².